The second-order valence-electron chi connectivity index (χ2n) is 5.26. The van der Waals surface area contributed by atoms with Gasteiger partial charge in [-0.05, 0) is 45.2 Å². The quantitative estimate of drug-likeness (QED) is 0.775. The van der Waals surface area contributed by atoms with Gasteiger partial charge in [-0.1, -0.05) is 25.7 Å². The second kappa shape index (κ2) is 5.86. The van der Waals surface area contributed by atoms with Crippen LogP contribution in [-0.2, 0) is 0 Å². The molecular weight excluding hydrogens is 184 g/mol. The van der Waals surface area contributed by atoms with E-state index >= 15 is 0 Å². The molecule has 0 spiro atoms. The van der Waals surface area contributed by atoms with Crippen molar-refractivity contribution < 1.29 is 0 Å². The standard InChI is InChI=1S/C13H26N2/c14-10-9-13-6-2-1-5-11-15(13)12-7-3-4-8-12/h12-13H,1-11,14H2. The molecule has 0 amide bonds. The summed E-state index contributed by atoms with van der Waals surface area (Å²) < 4.78 is 0. The molecular formula is C13H26N2. The van der Waals surface area contributed by atoms with Gasteiger partial charge in [0.15, 0.2) is 0 Å². The van der Waals surface area contributed by atoms with Crippen LogP contribution in [0, 0.1) is 0 Å². The van der Waals surface area contributed by atoms with Crippen LogP contribution in [0.2, 0.25) is 0 Å². The lowest BCUT2D eigenvalue weighted by Crippen LogP contribution is -2.42. The van der Waals surface area contributed by atoms with E-state index in [2.05, 4.69) is 4.90 Å². The Bertz CT molecular complexity index is 175. The summed E-state index contributed by atoms with van der Waals surface area (Å²) in [5.74, 6) is 0. The third-order valence-corrected chi connectivity index (χ3v) is 4.22. The predicted molar refractivity (Wildman–Crippen MR) is 64.9 cm³/mol. The van der Waals surface area contributed by atoms with Gasteiger partial charge >= 0.3 is 0 Å². The summed E-state index contributed by atoms with van der Waals surface area (Å²) in [5.41, 5.74) is 5.74. The van der Waals surface area contributed by atoms with Crippen molar-refractivity contribution in [1.29, 1.82) is 0 Å². The van der Waals surface area contributed by atoms with Crippen LogP contribution in [-0.4, -0.2) is 30.1 Å². The lowest BCUT2D eigenvalue weighted by molar-refractivity contribution is 0.132. The van der Waals surface area contributed by atoms with E-state index in [1.807, 2.05) is 0 Å². The monoisotopic (exact) mass is 210 g/mol. The van der Waals surface area contributed by atoms with E-state index in [9.17, 15) is 0 Å². The van der Waals surface area contributed by atoms with Gasteiger partial charge in [0.2, 0.25) is 0 Å². The summed E-state index contributed by atoms with van der Waals surface area (Å²) in [5, 5.41) is 0. The highest BCUT2D eigenvalue weighted by molar-refractivity contribution is 4.84. The van der Waals surface area contributed by atoms with Crippen LogP contribution >= 0.6 is 0 Å². The minimum absolute atomic E-state index is 0.806. The highest BCUT2D eigenvalue weighted by atomic mass is 15.2. The van der Waals surface area contributed by atoms with Gasteiger partial charge < -0.3 is 5.73 Å². The third kappa shape index (κ3) is 2.94. The van der Waals surface area contributed by atoms with E-state index in [0.717, 1.165) is 18.6 Å². The minimum Gasteiger partial charge on any atom is -0.330 e. The van der Waals surface area contributed by atoms with E-state index in [1.54, 1.807) is 0 Å². The Morgan fingerprint density at radius 3 is 2.40 bits per heavy atom. The van der Waals surface area contributed by atoms with Crippen molar-refractivity contribution in [2.75, 3.05) is 13.1 Å². The third-order valence-electron chi connectivity index (χ3n) is 4.22. The molecule has 2 rings (SSSR count). The lowest BCUT2D eigenvalue weighted by atomic mass is 10.0. The van der Waals surface area contributed by atoms with Crippen molar-refractivity contribution in [3.63, 3.8) is 0 Å². The van der Waals surface area contributed by atoms with Gasteiger partial charge in [-0.3, -0.25) is 4.90 Å². The van der Waals surface area contributed by atoms with Crippen LogP contribution in [0.1, 0.15) is 57.8 Å². The molecule has 2 aliphatic rings. The first-order valence-corrected chi connectivity index (χ1v) is 6.87. The van der Waals surface area contributed by atoms with Crippen molar-refractivity contribution in [3.05, 3.63) is 0 Å². The highest BCUT2D eigenvalue weighted by Gasteiger charge is 2.28. The van der Waals surface area contributed by atoms with Crippen molar-refractivity contribution >= 4 is 0 Å². The van der Waals surface area contributed by atoms with Crippen LogP contribution in [0.3, 0.4) is 0 Å². The lowest BCUT2D eigenvalue weighted by Gasteiger charge is -2.35. The van der Waals surface area contributed by atoms with Gasteiger partial charge in [-0.25, -0.2) is 0 Å². The minimum atomic E-state index is 0.806. The van der Waals surface area contributed by atoms with Gasteiger partial charge in [0.25, 0.3) is 0 Å². The molecule has 1 atom stereocenters. The molecule has 0 aromatic rings. The summed E-state index contributed by atoms with van der Waals surface area (Å²) in [6.07, 6.45) is 12.7. The average Bonchev–Trinajstić information content (AvgIpc) is 2.67. The van der Waals surface area contributed by atoms with Crippen molar-refractivity contribution in [1.82, 2.24) is 4.90 Å². The number of hydrogen-bond donors (Lipinski definition) is 1. The molecule has 1 aliphatic heterocycles. The smallest absolute Gasteiger partial charge is 0.0110 e. The molecule has 15 heavy (non-hydrogen) atoms. The summed E-state index contributed by atoms with van der Waals surface area (Å²) >= 11 is 0. The zero-order valence-corrected chi connectivity index (χ0v) is 9.96. The summed E-state index contributed by atoms with van der Waals surface area (Å²) in [6.45, 7) is 2.21. The maximum Gasteiger partial charge on any atom is 0.0110 e. The number of nitrogens with two attached hydrogens (primary N) is 1. The zero-order valence-electron chi connectivity index (χ0n) is 9.96. The zero-order chi connectivity index (χ0) is 10.5. The maximum atomic E-state index is 5.74. The molecule has 88 valence electrons. The van der Waals surface area contributed by atoms with Crippen molar-refractivity contribution in [3.8, 4) is 0 Å². The molecule has 1 heterocycles. The Morgan fingerprint density at radius 1 is 0.933 bits per heavy atom. The molecule has 0 aromatic heterocycles. The maximum absolute atomic E-state index is 5.74. The largest absolute Gasteiger partial charge is 0.330 e. The fourth-order valence-corrected chi connectivity index (χ4v) is 3.42. The summed E-state index contributed by atoms with van der Waals surface area (Å²) in [6, 6.07) is 1.71. The summed E-state index contributed by atoms with van der Waals surface area (Å²) in [4.78, 5) is 2.81. The Morgan fingerprint density at radius 2 is 1.67 bits per heavy atom. The number of likely N-dealkylation sites (tertiary alicyclic amines) is 1. The molecule has 1 aliphatic carbocycles. The Labute approximate surface area is 94.2 Å². The fraction of sp³-hybridized carbons (Fsp3) is 1.00. The van der Waals surface area contributed by atoms with Crippen LogP contribution in [0.5, 0.6) is 0 Å². The topological polar surface area (TPSA) is 29.3 Å². The molecule has 1 saturated carbocycles. The number of nitrogens with zero attached hydrogens (tertiary/aromatic N) is 1. The Kier molecular flexibility index (Phi) is 4.45. The molecule has 0 aromatic carbocycles. The SMILES string of the molecule is NCCC1CCCCCN1C1CCCC1. The molecule has 2 fully saturated rings. The van der Waals surface area contributed by atoms with E-state index in [0.29, 0.717) is 0 Å². The van der Waals surface area contributed by atoms with Gasteiger partial charge in [0.1, 0.15) is 0 Å². The van der Waals surface area contributed by atoms with Crippen LogP contribution in [0.15, 0.2) is 0 Å². The Balaban J connectivity index is 1.95. The first-order chi connectivity index (χ1) is 7.42. The number of rotatable bonds is 3. The van der Waals surface area contributed by atoms with Gasteiger partial charge in [-0.15, -0.1) is 0 Å². The molecule has 2 heteroatoms. The van der Waals surface area contributed by atoms with Crippen molar-refractivity contribution in [2.24, 2.45) is 5.73 Å². The van der Waals surface area contributed by atoms with Crippen LogP contribution in [0.4, 0.5) is 0 Å². The van der Waals surface area contributed by atoms with Gasteiger partial charge in [0.05, 0.1) is 0 Å². The average molecular weight is 210 g/mol. The first kappa shape index (κ1) is 11.4. The van der Waals surface area contributed by atoms with Crippen molar-refractivity contribution in [2.45, 2.75) is 69.9 Å². The van der Waals surface area contributed by atoms with Crippen LogP contribution < -0.4 is 5.73 Å². The van der Waals surface area contributed by atoms with E-state index in [4.69, 9.17) is 5.73 Å². The molecule has 2 nitrogen and oxygen atoms in total. The predicted octanol–water partition coefficient (Wildman–Crippen LogP) is 2.52. The van der Waals surface area contributed by atoms with E-state index in [-0.39, 0.29) is 0 Å². The van der Waals surface area contributed by atoms with Gasteiger partial charge in [-0.2, -0.15) is 0 Å². The highest BCUT2D eigenvalue weighted by Crippen LogP contribution is 2.29. The molecule has 1 saturated heterocycles. The van der Waals surface area contributed by atoms with E-state index < -0.39 is 0 Å². The Hall–Kier alpha value is -0.0800. The molecule has 0 radical (unpaired) electrons. The second-order valence-corrected chi connectivity index (χ2v) is 5.26. The molecule has 1 unspecified atom stereocenters. The molecule has 2 N–H and O–H groups in total. The van der Waals surface area contributed by atoms with Crippen LogP contribution in [0.25, 0.3) is 0 Å². The molecule has 0 bridgehead atoms. The fourth-order valence-electron chi connectivity index (χ4n) is 3.42. The summed E-state index contributed by atoms with van der Waals surface area (Å²) in [7, 11) is 0. The van der Waals surface area contributed by atoms with E-state index in [1.165, 1.54) is 64.3 Å². The van der Waals surface area contributed by atoms with Gasteiger partial charge in [0, 0.05) is 12.1 Å². The first-order valence-electron chi connectivity index (χ1n) is 6.87. The normalized spacial score (nSPS) is 30.6. The number of hydrogen-bond acceptors (Lipinski definition) is 2.